The molecule has 38 heavy (non-hydrogen) atoms. The number of hydrogen-bond donors (Lipinski definition) is 0. The van der Waals surface area contributed by atoms with Crippen LogP contribution in [0.2, 0.25) is 0 Å². The maximum absolute atomic E-state index is 13.7. The average Bonchev–Trinajstić information content (AvgIpc) is 2.92. The Morgan fingerprint density at radius 2 is 1.18 bits per heavy atom. The van der Waals surface area contributed by atoms with Gasteiger partial charge in [-0.15, -0.1) is 0 Å². The highest BCUT2D eigenvalue weighted by Crippen LogP contribution is 2.33. The first kappa shape index (κ1) is 26.9. The van der Waals surface area contributed by atoms with Gasteiger partial charge in [0.05, 0.1) is 16.1 Å². The molecular formula is C29H25F3N2O3S. The Balaban J connectivity index is 1.73. The van der Waals surface area contributed by atoms with E-state index < -0.39 is 34.2 Å². The molecule has 0 aromatic heterocycles. The van der Waals surface area contributed by atoms with Crippen molar-refractivity contribution in [2.75, 3.05) is 10.8 Å². The summed E-state index contributed by atoms with van der Waals surface area (Å²) in [6, 6.07) is 29.7. The fraction of sp³-hybridized carbons (Fsp3) is 0.138. The molecule has 0 heterocycles. The predicted molar refractivity (Wildman–Crippen MR) is 140 cm³/mol. The van der Waals surface area contributed by atoms with Gasteiger partial charge in [0.25, 0.3) is 10.0 Å². The third-order valence-corrected chi connectivity index (χ3v) is 7.64. The van der Waals surface area contributed by atoms with Gasteiger partial charge in [-0.3, -0.25) is 9.10 Å². The number of carbonyl (C=O) groups excluding carboxylic acids is 1. The molecule has 9 heteroatoms. The molecule has 1 amide bonds. The van der Waals surface area contributed by atoms with Crippen LogP contribution in [0.4, 0.5) is 18.9 Å². The highest BCUT2D eigenvalue weighted by atomic mass is 32.2. The number of benzene rings is 4. The SMILES string of the molecule is O=C(CN(c1cccc(C(F)(F)F)c1)S(=O)(=O)c1ccccc1)N(Cc1ccccc1)Cc1ccccc1. The highest BCUT2D eigenvalue weighted by Gasteiger charge is 2.34. The van der Waals surface area contributed by atoms with Crippen LogP contribution in [0.3, 0.4) is 0 Å². The van der Waals surface area contributed by atoms with Crippen LogP contribution in [0, 0.1) is 0 Å². The molecular weight excluding hydrogens is 513 g/mol. The maximum Gasteiger partial charge on any atom is 0.416 e. The number of alkyl halides is 3. The van der Waals surface area contributed by atoms with Gasteiger partial charge in [0.1, 0.15) is 6.54 Å². The lowest BCUT2D eigenvalue weighted by molar-refractivity contribution is -0.137. The smallest absolute Gasteiger partial charge is 0.332 e. The summed E-state index contributed by atoms with van der Waals surface area (Å²) in [5.74, 6) is -0.561. The van der Waals surface area contributed by atoms with Crippen molar-refractivity contribution >= 4 is 21.6 Å². The van der Waals surface area contributed by atoms with Crippen LogP contribution in [0.15, 0.2) is 120 Å². The lowest BCUT2D eigenvalue weighted by Crippen LogP contribution is -2.42. The summed E-state index contributed by atoms with van der Waals surface area (Å²) < 4.78 is 68.5. The Morgan fingerprint density at radius 3 is 1.68 bits per heavy atom. The molecule has 5 nitrogen and oxygen atoms in total. The van der Waals surface area contributed by atoms with E-state index in [0.717, 1.165) is 33.6 Å². The van der Waals surface area contributed by atoms with E-state index in [1.165, 1.54) is 35.2 Å². The average molecular weight is 539 g/mol. The van der Waals surface area contributed by atoms with Gasteiger partial charge in [0.15, 0.2) is 0 Å². The molecule has 0 bridgehead atoms. The summed E-state index contributed by atoms with van der Waals surface area (Å²) in [7, 11) is -4.37. The van der Waals surface area contributed by atoms with Crippen LogP contribution < -0.4 is 4.31 Å². The molecule has 0 aliphatic rings. The summed E-state index contributed by atoms with van der Waals surface area (Å²) in [5, 5.41) is 0. The van der Waals surface area contributed by atoms with Crippen molar-refractivity contribution < 1.29 is 26.4 Å². The molecule has 196 valence electrons. The van der Waals surface area contributed by atoms with Crippen molar-refractivity contribution in [3.05, 3.63) is 132 Å². The van der Waals surface area contributed by atoms with Crippen LogP contribution in [-0.2, 0) is 34.1 Å². The minimum Gasteiger partial charge on any atom is -0.332 e. The largest absolute Gasteiger partial charge is 0.416 e. The van der Waals surface area contributed by atoms with E-state index in [9.17, 15) is 26.4 Å². The first-order chi connectivity index (χ1) is 18.1. The van der Waals surface area contributed by atoms with Crippen molar-refractivity contribution in [2.24, 2.45) is 0 Å². The number of hydrogen-bond acceptors (Lipinski definition) is 3. The number of rotatable bonds is 9. The fourth-order valence-electron chi connectivity index (χ4n) is 3.93. The third kappa shape index (κ3) is 6.60. The molecule has 0 fully saturated rings. The van der Waals surface area contributed by atoms with Gasteiger partial charge in [0, 0.05) is 13.1 Å². The van der Waals surface area contributed by atoms with Crippen LogP contribution in [0.5, 0.6) is 0 Å². The lowest BCUT2D eigenvalue weighted by atomic mass is 10.1. The topological polar surface area (TPSA) is 57.7 Å². The second-order valence-corrected chi connectivity index (χ2v) is 10.5. The Morgan fingerprint density at radius 1 is 0.684 bits per heavy atom. The van der Waals surface area contributed by atoms with Crippen LogP contribution in [0.1, 0.15) is 16.7 Å². The quantitative estimate of drug-likeness (QED) is 0.258. The van der Waals surface area contributed by atoms with E-state index in [1.807, 2.05) is 60.7 Å². The van der Waals surface area contributed by atoms with Gasteiger partial charge in [-0.05, 0) is 41.5 Å². The van der Waals surface area contributed by atoms with Crippen LogP contribution in [0.25, 0.3) is 0 Å². The maximum atomic E-state index is 13.7. The van der Waals surface area contributed by atoms with Crippen molar-refractivity contribution in [1.82, 2.24) is 4.90 Å². The standard InChI is InChI=1S/C29H25F3N2O3S/c30-29(31,32)25-15-10-16-26(19-25)34(38(36,37)27-17-8-3-9-18-27)22-28(35)33(20-23-11-4-1-5-12-23)21-24-13-6-2-7-14-24/h1-19H,20-22H2. The first-order valence-electron chi connectivity index (χ1n) is 11.8. The molecule has 0 aliphatic carbocycles. The van der Waals surface area contributed by atoms with E-state index in [0.29, 0.717) is 0 Å². The van der Waals surface area contributed by atoms with E-state index in [-0.39, 0.29) is 23.7 Å². The Kier molecular flexibility index (Phi) is 8.16. The molecule has 0 saturated heterocycles. The molecule has 0 N–H and O–H groups in total. The number of carbonyl (C=O) groups is 1. The Bertz CT molecular complexity index is 1420. The minimum absolute atomic E-state index is 0.136. The van der Waals surface area contributed by atoms with E-state index in [1.54, 1.807) is 6.07 Å². The van der Waals surface area contributed by atoms with Gasteiger partial charge in [-0.25, -0.2) is 8.42 Å². The molecule has 0 radical (unpaired) electrons. The molecule has 4 rings (SSSR count). The molecule has 0 saturated carbocycles. The van der Waals surface area contributed by atoms with Gasteiger partial charge in [0.2, 0.25) is 5.91 Å². The fourth-order valence-corrected chi connectivity index (χ4v) is 5.36. The van der Waals surface area contributed by atoms with Gasteiger partial charge in [-0.2, -0.15) is 13.2 Å². The summed E-state index contributed by atoms with van der Waals surface area (Å²) in [6.07, 6.45) is -4.69. The monoisotopic (exact) mass is 538 g/mol. The van der Waals surface area contributed by atoms with Crippen molar-refractivity contribution in [1.29, 1.82) is 0 Å². The van der Waals surface area contributed by atoms with E-state index in [2.05, 4.69) is 0 Å². The zero-order valence-corrected chi connectivity index (χ0v) is 21.1. The van der Waals surface area contributed by atoms with Crippen molar-refractivity contribution in [3.8, 4) is 0 Å². The summed E-state index contributed by atoms with van der Waals surface area (Å²) in [4.78, 5) is 15.0. The number of sulfonamides is 1. The number of anilines is 1. The van der Waals surface area contributed by atoms with Gasteiger partial charge in [-0.1, -0.05) is 84.9 Å². The second-order valence-electron chi connectivity index (χ2n) is 8.59. The van der Waals surface area contributed by atoms with Crippen LogP contribution >= 0.6 is 0 Å². The molecule has 0 aliphatic heterocycles. The zero-order chi connectivity index (χ0) is 27.2. The lowest BCUT2D eigenvalue weighted by Gasteiger charge is -2.29. The zero-order valence-electron chi connectivity index (χ0n) is 20.3. The normalized spacial score (nSPS) is 11.7. The summed E-state index contributed by atoms with van der Waals surface area (Å²) >= 11 is 0. The molecule has 4 aromatic rings. The van der Waals surface area contributed by atoms with E-state index >= 15 is 0 Å². The molecule has 0 spiro atoms. The predicted octanol–water partition coefficient (Wildman–Crippen LogP) is 6.13. The Labute approximate surface area is 219 Å². The number of halogens is 3. The number of amides is 1. The van der Waals surface area contributed by atoms with Gasteiger partial charge < -0.3 is 4.90 Å². The number of nitrogens with zero attached hydrogens (tertiary/aromatic N) is 2. The third-order valence-electron chi connectivity index (χ3n) is 5.86. The highest BCUT2D eigenvalue weighted by molar-refractivity contribution is 7.92. The summed E-state index contributed by atoms with van der Waals surface area (Å²) in [5.41, 5.74) is 0.388. The first-order valence-corrected chi connectivity index (χ1v) is 13.2. The summed E-state index contributed by atoms with van der Waals surface area (Å²) in [6.45, 7) is -0.301. The molecule has 4 aromatic carbocycles. The van der Waals surface area contributed by atoms with Gasteiger partial charge >= 0.3 is 6.18 Å². The minimum atomic E-state index is -4.69. The molecule has 0 atom stereocenters. The van der Waals surface area contributed by atoms with Crippen molar-refractivity contribution in [2.45, 2.75) is 24.2 Å². The Hall–Kier alpha value is -4.11. The van der Waals surface area contributed by atoms with Crippen LogP contribution in [-0.4, -0.2) is 25.8 Å². The second kappa shape index (κ2) is 11.5. The van der Waals surface area contributed by atoms with E-state index in [4.69, 9.17) is 0 Å². The molecule has 0 unspecified atom stereocenters. The van der Waals surface area contributed by atoms with Crippen molar-refractivity contribution in [3.63, 3.8) is 0 Å².